The molecule has 0 aliphatic carbocycles. The lowest BCUT2D eigenvalue weighted by Gasteiger charge is -2.06. The minimum Gasteiger partial charge on any atom is -0.307 e. The normalized spacial score (nSPS) is 10.0. The average Bonchev–Trinajstić information content (AvgIpc) is 2.42. The molecule has 0 spiro atoms. The number of halogens is 1. The summed E-state index contributed by atoms with van der Waals surface area (Å²) >= 11 is 0. The summed E-state index contributed by atoms with van der Waals surface area (Å²) in [6.07, 6.45) is 3.12. The third-order valence-electron chi connectivity index (χ3n) is 2.46. The summed E-state index contributed by atoms with van der Waals surface area (Å²) in [5, 5.41) is 11.8. The van der Waals surface area contributed by atoms with Gasteiger partial charge < -0.3 is 5.32 Å². The molecule has 0 saturated carbocycles. The van der Waals surface area contributed by atoms with Crippen LogP contribution in [0.2, 0.25) is 0 Å². The summed E-state index contributed by atoms with van der Waals surface area (Å²) < 4.78 is 13.7. The van der Waals surface area contributed by atoms with E-state index in [1.165, 1.54) is 12.4 Å². The van der Waals surface area contributed by atoms with Gasteiger partial charge in [-0.2, -0.15) is 5.26 Å². The fourth-order valence-corrected chi connectivity index (χ4v) is 1.55. The Balaban J connectivity index is 1.97. The Hall–Kier alpha value is -2.32. The topological polar surface area (TPSA) is 61.6 Å². The van der Waals surface area contributed by atoms with Crippen LogP contribution in [0.15, 0.2) is 36.8 Å². The lowest BCUT2D eigenvalue weighted by atomic mass is 10.1. The van der Waals surface area contributed by atoms with E-state index < -0.39 is 5.82 Å². The van der Waals surface area contributed by atoms with E-state index in [0.29, 0.717) is 18.7 Å². The first kappa shape index (κ1) is 12.1. The molecule has 0 bridgehead atoms. The zero-order chi connectivity index (χ0) is 12.8. The molecule has 0 aliphatic heterocycles. The molecule has 1 aromatic carbocycles. The first-order valence-electron chi connectivity index (χ1n) is 5.44. The van der Waals surface area contributed by atoms with E-state index in [0.717, 1.165) is 5.69 Å². The van der Waals surface area contributed by atoms with Gasteiger partial charge in [-0.1, -0.05) is 12.1 Å². The van der Waals surface area contributed by atoms with Gasteiger partial charge in [0.15, 0.2) is 0 Å². The van der Waals surface area contributed by atoms with Gasteiger partial charge in [0, 0.05) is 24.8 Å². The van der Waals surface area contributed by atoms with Gasteiger partial charge in [0.1, 0.15) is 18.2 Å². The molecule has 0 radical (unpaired) electrons. The molecule has 5 heteroatoms. The second-order valence-electron chi connectivity index (χ2n) is 3.69. The van der Waals surface area contributed by atoms with Crippen LogP contribution >= 0.6 is 0 Å². The Kier molecular flexibility index (Phi) is 3.94. The number of aromatic nitrogens is 2. The molecule has 2 aromatic rings. The lowest BCUT2D eigenvalue weighted by molar-refractivity contribution is 0.582. The molecule has 1 N–H and O–H groups in total. The molecule has 0 amide bonds. The van der Waals surface area contributed by atoms with E-state index >= 15 is 0 Å². The maximum Gasteiger partial charge on any atom is 0.145 e. The van der Waals surface area contributed by atoms with Crippen molar-refractivity contribution in [2.75, 3.05) is 0 Å². The standard InChI is InChI=1S/C13H11FN4/c14-13-10(6-15)2-1-3-11(13)7-17-8-12-4-5-16-9-18-12/h1-5,9,17H,7-8H2. The molecule has 4 nitrogen and oxygen atoms in total. The molecule has 1 heterocycles. The van der Waals surface area contributed by atoms with Crippen LogP contribution in [0.4, 0.5) is 4.39 Å². The van der Waals surface area contributed by atoms with Gasteiger partial charge >= 0.3 is 0 Å². The predicted octanol–water partition coefficient (Wildman–Crippen LogP) is 1.78. The highest BCUT2D eigenvalue weighted by Gasteiger charge is 2.06. The Bertz CT molecular complexity index is 563. The predicted molar refractivity (Wildman–Crippen MR) is 63.7 cm³/mol. The van der Waals surface area contributed by atoms with Crippen LogP contribution in [0.5, 0.6) is 0 Å². The van der Waals surface area contributed by atoms with Crippen molar-refractivity contribution < 1.29 is 4.39 Å². The van der Waals surface area contributed by atoms with Crippen LogP contribution in [-0.2, 0) is 13.1 Å². The Morgan fingerprint density at radius 2 is 2.17 bits per heavy atom. The van der Waals surface area contributed by atoms with Gasteiger partial charge in [0.05, 0.1) is 11.3 Å². The van der Waals surface area contributed by atoms with E-state index in [1.54, 1.807) is 24.4 Å². The van der Waals surface area contributed by atoms with Gasteiger partial charge in [-0.05, 0) is 12.1 Å². The lowest BCUT2D eigenvalue weighted by Crippen LogP contribution is -2.15. The van der Waals surface area contributed by atoms with E-state index in [-0.39, 0.29) is 5.56 Å². The zero-order valence-electron chi connectivity index (χ0n) is 9.60. The summed E-state index contributed by atoms with van der Waals surface area (Å²) in [5.74, 6) is -0.463. The maximum atomic E-state index is 13.7. The SMILES string of the molecule is N#Cc1cccc(CNCc2ccncn2)c1F. The third kappa shape index (κ3) is 2.87. The zero-order valence-corrected chi connectivity index (χ0v) is 9.60. The third-order valence-corrected chi connectivity index (χ3v) is 2.46. The molecule has 0 saturated heterocycles. The quantitative estimate of drug-likeness (QED) is 0.887. The molecule has 0 atom stereocenters. The fraction of sp³-hybridized carbons (Fsp3) is 0.154. The van der Waals surface area contributed by atoms with Gasteiger partial charge in [-0.15, -0.1) is 0 Å². The second kappa shape index (κ2) is 5.84. The Morgan fingerprint density at radius 3 is 2.89 bits per heavy atom. The highest BCUT2D eigenvalue weighted by molar-refractivity contribution is 5.34. The summed E-state index contributed by atoms with van der Waals surface area (Å²) in [6, 6.07) is 8.39. The van der Waals surface area contributed by atoms with Crippen LogP contribution in [0.1, 0.15) is 16.8 Å². The molecule has 0 fully saturated rings. The second-order valence-corrected chi connectivity index (χ2v) is 3.69. The van der Waals surface area contributed by atoms with Crippen molar-refractivity contribution in [1.82, 2.24) is 15.3 Å². The number of hydrogen-bond acceptors (Lipinski definition) is 4. The van der Waals surface area contributed by atoms with Crippen LogP contribution in [0.25, 0.3) is 0 Å². The van der Waals surface area contributed by atoms with Gasteiger partial charge in [0.2, 0.25) is 0 Å². The first-order chi connectivity index (χ1) is 8.81. The monoisotopic (exact) mass is 242 g/mol. The number of nitrogens with one attached hydrogen (secondary N) is 1. The molecule has 1 aromatic heterocycles. The van der Waals surface area contributed by atoms with E-state index in [2.05, 4.69) is 15.3 Å². The van der Waals surface area contributed by atoms with Crippen LogP contribution in [0.3, 0.4) is 0 Å². The molecule has 0 aliphatic rings. The van der Waals surface area contributed by atoms with Crippen molar-refractivity contribution >= 4 is 0 Å². The van der Waals surface area contributed by atoms with Crippen molar-refractivity contribution in [1.29, 1.82) is 5.26 Å². The highest BCUT2D eigenvalue weighted by atomic mass is 19.1. The average molecular weight is 242 g/mol. The van der Waals surface area contributed by atoms with Crippen molar-refractivity contribution in [2.24, 2.45) is 0 Å². The molecular formula is C13H11FN4. The minimum atomic E-state index is -0.463. The van der Waals surface area contributed by atoms with Crippen LogP contribution < -0.4 is 5.32 Å². The van der Waals surface area contributed by atoms with Crippen molar-refractivity contribution in [3.05, 3.63) is 59.4 Å². The summed E-state index contributed by atoms with van der Waals surface area (Å²) in [4.78, 5) is 7.86. The number of benzene rings is 1. The summed E-state index contributed by atoms with van der Waals surface area (Å²) in [7, 11) is 0. The van der Waals surface area contributed by atoms with Crippen LogP contribution in [0, 0.1) is 17.1 Å². The molecule has 90 valence electrons. The molecular weight excluding hydrogens is 231 g/mol. The van der Waals surface area contributed by atoms with Crippen molar-refractivity contribution in [3.63, 3.8) is 0 Å². The van der Waals surface area contributed by atoms with Gasteiger partial charge in [-0.3, -0.25) is 0 Å². The van der Waals surface area contributed by atoms with Crippen LogP contribution in [-0.4, -0.2) is 9.97 Å². The van der Waals surface area contributed by atoms with Crippen molar-refractivity contribution in [3.8, 4) is 6.07 Å². The molecule has 18 heavy (non-hydrogen) atoms. The number of hydrogen-bond donors (Lipinski definition) is 1. The number of rotatable bonds is 4. The van der Waals surface area contributed by atoms with E-state index in [9.17, 15) is 4.39 Å². The Labute approximate surface area is 104 Å². The molecule has 2 rings (SSSR count). The van der Waals surface area contributed by atoms with Crippen molar-refractivity contribution in [2.45, 2.75) is 13.1 Å². The number of nitrogens with zero attached hydrogens (tertiary/aromatic N) is 3. The van der Waals surface area contributed by atoms with Gasteiger partial charge in [0.25, 0.3) is 0 Å². The summed E-state index contributed by atoms with van der Waals surface area (Å²) in [6.45, 7) is 0.879. The number of nitriles is 1. The minimum absolute atomic E-state index is 0.0661. The van der Waals surface area contributed by atoms with E-state index in [1.807, 2.05) is 6.07 Å². The smallest absolute Gasteiger partial charge is 0.145 e. The largest absolute Gasteiger partial charge is 0.307 e. The first-order valence-corrected chi connectivity index (χ1v) is 5.44. The highest BCUT2D eigenvalue weighted by Crippen LogP contribution is 2.11. The Morgan fingerprint density at radius 1 is 1.28 bits per heavy atom. The maximum absolute atomic E-state index is 13.7. The molecule has 0 unspecified atom stereocenters. The van der Waals surface area contributed by atoms with E-state index in [4.69, 9.17) is 5.26 Å². The van der Waals surface area contributed by atoms with Gasteiger partial charge in [-0.25, -0.2) is 14.4 Å². The fourth-order valence-electron chi connectivity index (χ4n) is 1.55. The summed E-state index contributed by atoms with van der Waals surface area (Å²) in [5.41, 5.74) is 1.38.